The van der Waals surface area contributed by atoms with Crippen molar-refractivity contribution in [2.75, 3.05) is 13.7 Å². The molecule has 1 aromatic rings. The maximum Gasteiger partial charge on any atom is 0.240 e. The van der Waals surface area contributed by atoms with E-state index in [0.29, 0.717) is 12.1 Å². The molecule has 0 aliphatic rings. The van der Waals surface area contributed by atoms with E-state index in [1.54, 1.807) is 27.0 Å². The summed E-state index contributed by atoms with van der Waals surface area (Å²) in [6.45, 7) is 6.07. The van der Waals surface area contributed by atoms with Gasteiger partial charge in [-0.05, 0) is 43.5 Å². The molecule has 5 nitrogen and oxygen atoms in total. The smallest absolute Gasteiger partial charge is 0.240 e. The van der Waals surface area contributed by atoms with Crippen molar-refractivity contribution in [3.8, 4) is 0 Å². The van der Waals surface area contributed by atoms with Crippen molar-refractivity contribution in [2.45, 2.75) is 38.3 Å². The third-order valence-electron chi connectivity index (χ3n) is 3.11. The summed E-state index contributed by atoms with van der Waals surface area (Å²) >= 11 is 0. The number of nitrogens with one attached hydrogen (secondary N) is 1. The quantitative estimate of drug-likeness (QED) is 0.820. The third kappa shape index (κ3) is 4.01. The van der Waals surface area contributed by atoms with Crippen LogP contribution < -0.4 is 10.5 Å². The summed E-state index contributed by atoms with van der Waals surface area (Å²) in [4.78, 5) is 0.279. The summed E-state index contributed by atoms with van der Waals surface area (Å²) in [6, 6.07) is 3.49. The van der Waals surface area contributed by atoms with E-state index >= 15 is 0 Å². The molecular formula is C13H22N2O3S. The minimum Gasteiger partial charge on any atom is -0.380 e. The maximum absolute atomic E-state index is 12.2. The summed E-state index contributed by atoms with van der Waals surface area (Å²) < 4.78 is 32.1. The van der Waals surface area contributed by atoms with Crippen LogP contribution in [0.25, 0.3) is 0 Å². The predicted molar refractivity (Wildman–Crippen MR) is 75.5 cm³/mol. The molecule has 3 N–H and O–H groups in total. The van der Waals surface area contributed by atoms with Gasteiger partial charge in [-0.25, -0.2) is 13.1 Å². The van der Waals surface area contributed by atoms with Crippen molar-refractivity contribution in [2.24, 2.45) is 5.73 Å². The fraction of sp³-hybridized carbons (Fsp3) is 0.538. The highest BCUT2D eigenvalue weighted by Gasteiger charge is 2.18. The first-order chi connectivity index (χ1) is 8.81. The lowest BCUT2D eigenvalue weighted by Crippen LogP contribution is -2.32. The van der Waals surface area contributed by atoms with Crippen LogP contribution in [0, 0.1) is 13.8 Å². The monoisotopic (exact) mass is 286 g/mol. The number of aryl methyl sites for hydroxylation is 2. The van der Waals surface area contributed by atoms with Gasteiger partial charge in [-0.2, -0.15) is 0 Å². The van der Waals surface area contributed by atoms with Crippen molar-refractivity contribution in [3.05, 3.63) is 28.8 Å². The first-order valence-corrected chi connectivity index (χ1v) is 7.62. The third-order valence-corrected chi connectivity index (χ3v) is 4.67. The van der Waals surface area contributed by atoms with E-state index in [2.05, 4.69) is 4.72 Å². The molecule has 0 radical (unpaired) electrons. The lowest BCUT2D eigenvalue weighted by atomic mass is 10.1. The minimum atomic E-state index is -3.53. The molecule has 1 atom stereocenters. The van der Waals surface area contributed by atoms with Crippen molar-refractivity contribution in [3.63, 3.8) is 0 Å². The van der Waals surface area contributed by atoms with E-state index in [4.69, 9.17) is 10.5 Å². The molecule has 1 rings (SSSR count). The van der Waals surface area contributed by atoms with Crippen LogP contribution in [0.1, 0.15) is 23.6 Å². The number of benzene rings is 1. The summed E-state index contributed by atoms with van der Waals surface area (Å²) in [5.74, 6) is 0. The zero-order chi connectivity index (χ0) is 14.6. The van der Waals surface area contributed by atoms with Crippen LogP contribution in [0.3, 0.4) is 0 Å². The number of hydrogen-bond acceptors (Lipinski definition) is 4. The van der Waals surface area contributed by atoms with Gasteiger partial charge in [0.15, 0.2) is 0 Å². The molecule has 1 unspecified atom stereocenters. The maximum atomic E-state index is 12.2. The molecule has 0 saturated carbocycles. The van der Waals surface area contributed by atoms with Crippen LogP contribution in [-0.4, -0.2) is 28.2 Å². The molecule has 0 aliphatic heterocycles. The van der Waals surface area contributed by atoms with Crippen molar-refractivity contribution < 1.29 is 13.2 Å². The van der Waals surface area contributed by atoms with Crippen LogP contribution in [-0.2, 0) is 21.3 Å². The van der Waals surface area contributed by atoms with Gasteiger partial charge < -0.3 is 10.5 Å². The largest absolute Gasteiger partial charge is 0.380 e. The number of nitrogens with two attached hydrogens (primary N) is 1. The molecule has 0 aromatic heterocycles. The molecule has 0 heterocycles. The molecular weight excluding hydrogens is 264 g/mol. The van der Waals surface area contributed by atoms with Crippen LogP contribution in [0.5, 0.6) is 0 Å². The molecule has 0 spiro atoms. The Morgan fingerprint density at radius 1 is 1.32 bits per heavy atom. The number of methoxy groups -OCH3 is 1. The lowest BCUT2D eigenvalue weighted by molar-refractivity contribution is 0.122. The second-order valence-electron chi connectivity index (χ2n) is 4.65. The van der Waals surface area contributed by atoms with Gasteiger partial charge in [0.25, 0.3) is 0 Å². The highest BCUT2D eigenvalue weighted by Crippen LogP contribution is 2.20. The van der Waals surface area contributed by atoms with Gasteiger partial charge in [0, 0.05) is 20.2 Å². The number of ether oxygens (including phenoxy) is 1. The Balaban J connectivity index is 3.07. The summed E-state index contributed by atoms with van der Waals surface area (Å²) in [7, 11) is -1.99. The average molecular weight is 286 g/mol. The Morgan fingerprint density at radius 2 is 1.95 bits per heavy atom. The SMILES string of the molecule is COC(C)CNS(=O)(=O)c1cc(CN)c(C)cc1C. The number of hydrogen-bond donors (Lipinski definition) is 2. The highest BCUT2D eigenvalue weighted by molar-refractivity contribution is 7.89. The zero-order valence-electron chi connectivity index (χ0n) is 11.9. The second kappa shape index (κ2) is 6.47. The Bertz CT molecular complexity index is 541. The zero-order valence-corrected chi connectivity index (χ0v) is 12.7. The van der Waals surface area contributed by atoms with E-state index in [1.807, 2.05) is 13.0 Å². The molecule has 0 bridgehead atoms. The Labute approximate surface area is 115 Å². The van der Waals surface area contributed by atoms with E-state index in [9.17, 15) is 8.42 Å². The molecule has 0 saturated heterocycles. The Kier molecular flexibility index (Phi) is 5.49. The molecule has 19 heavy (non-hydrogen) atoms. The van der Waals surface area contributed by atoms with Crippen LogP contribution in [0.2, 0.25) is 0 Å². The predicted octanol–water partition coefficient (Wildman–Crippen LogP) is 1.08. The fourth-order valence-electron chi connectivity index (χ4n) is 1.77. The Hall–Kier alpha value is -0.950. The molecule has 0 amide bonds. The van der Waals surface area contributed by atoms with Crippen LogP contribution >= 0.6 is 0 Å². The topological polar surface area (TPSA) is 81.4 Å². The van der Waals surface area contributed by atoms with Crippen molar-refractivity contribution in [1.29, 1.82) is 0 Å². The van der Waals surface area contributed by atoms with Crippen LogP contribution in [0.15, 0.2) is 17.0 Å². The molecule has 0 aliphatic carbocycles. The van der Waals surface area contributed by atoms with Crippen LogP contribution in [0.4, 0.5) is 0 Å². The Morgan fingerprint density at radius 3 is 2.47 bits per heavy atom. The van der Waals surface area contributed by atoms with E-state index in [0.717, 1.165) is 11.1 Å². The lowest BCUT2D eigenvalue weighted by Gasteiger charge is -2.14. The van der Waals surface area contributed by atoms with Gasteiger partial charge in [0.1, 0.15) is 0 Å². The highest BCUT2D eigenvalue weighted by atomic mass is 32.2. The standard InChI is InChI=1S/C13H22N2O3S/c1-9-5-10(2)13(6-12(9)7-14)19(16,17)15-8-11(3)18-4/h5-6,11,15H,7-8,14H2,1-4H3. The normalized spacial score (nSPS) is 13.5. The fourth-order valence-corrected chi connectivity index (χ4v) is 3.16. The van der Waals surface area contributed by atoms with Gasteiger partial charge in [0.05, 0.1) is 11.0 Å². The second-order valence-corrected chi connectivity index (χ2v) is 6.38. The van der Waals surface area contributed by atoms with E-state index < -0.39 is 10.0 Å². The first kappa shape index (κ1) is 16.1. The summed E-state index contributed by atoms with van der Waals surface area (Å²) in [6.07, 6.45) is -0.172. The van der Waals surface area contributed by atoms with E-state index in [-0.39, 0.29) is 17.5 Å². The summed E-state index contributed by atoms with van der Waals surface area (Å²) in [5.41, 5.74) is 8.18. The molecule has 1 aromatic carbocycles. The average Bonchev–Trinajstić information content (AvgIpc) is 2.35. The summed E-state index contributed by atoms with van der Waals surface area (Å²) in [5, 5.41) is 0. The number of sulfonamides is 1. The van der Waals surface area contributed by atoms with Crippen molar-refractivity contribution >= 4 is 10.0 Å². The van der Waals surface area contributed by atoms with Gasteiger partial charge in [-0.15, -0.1) is 0 Å². The minimum absolute atomic E-state index is 0.172. The first-order valence-electron chi connectivity index (χ1n) is 6.14. The van der Waals surface area contributed by atoms with Crippen molar-refractivity contribution in [1.82, 2.24) is 4.72 Å². The number of rotatable bonds is 6. The van der Waals surface area contributed by atoms with E-state index in [1.165, 1.54) is 0 Å². The van der Waals surface area contributed by atoms with Gasteiger partial charge in [0.2, 0.25) is 10.0 Å². The molecule has 108 valence electrons. The van der Waals surface area contributed by atoms with Gasteiger partial charge >= 0.3 is 0 Å². The van der Waals surface area contributed by atoms with Gasteiger partial charge in [-0.1, -0.05) is 6.07 Å². The molecule has 0 fully saturated rings. The van der Waals surface area contributed by atoms with Gasteiger partial charge in [-0.3, -0.25) is 0 Å². The molecule has 6 heteroatoms.